The lowest BCUT2D eigenvalue weighted by Gasteiger charge is -2.27. The van der Waals surface area contributed by atoms with E-state index in [1.807, 2.05) is 10.3 Å². The molecule has 2 rings (SSSR count). The van der Waals surface area contributed by atoms with Crippen LogP contribution in [0.4, 0.5) is 0 Å². The zero-order valence-corrected chi connectivity index (χ0v) is 12.4. The molecule has 3 nitrogen and oxygen atoms in total. The molecule has 17 heavy (non-hydrogen) atoms. The van der Waals surface area contributed by atoms with E-state index in [0.717, 1.165) is 11.0 Å². The molecule has 0 aromatic carbocycles. The fourth-order valence-electron chi connectivity index (χ4n) is 2.27. The standard InChI is InChI=1S/C12H17BrN2OS/c1-7(2)5-15-11(16)4-9(14)12(15)10-3-8(13)6-17-10/h3,6-7,9,12H,4-5,14H2,1-2H3. The summed E-state index contributed by atoms with van der Waals surface area (Å²) in [6.07, 6.45) is 0.465. The molecule has 2 N–H and O–H groups in total. The van der Waals surface area contributed by atoms with Gasteiger partial charge in [-0.05, 0) is 27.9 Å². The van der Waals surface area contributed by atoms with Crippen LogP contribution in [-0.2, 0) is 4.79 Å². The minimum absolute atomic E-state index is 0.0567. The van der Waals surface area contributed by atoms with Crippen molar-refractivity contribution in [1.82, 2.24) is 4.90 Å². The fraction of sp³-hybridized carbons (Fsp3) is 0.583. The van der Waals surface area contributed by atoms with Crippen LogP contribution in [0.3, 0.4) is 0 Å². The first-order valence-corrected chi connectivity index (χ1v) is 7.45. The molecule has 2 atom stereocenters. The molecule has 5 heteroatoms. The lowest BCUT2D eigenvalue weighted by Crippen LogP contribution is -2.34. The Kier molecular flexibility index (Phi) is 3.90. The van der Waals surface area contributed by atoms with Crippen LogP contribution in [0.25, 0.3) is 0 Å². The van der Waals surface area contributed by atoms with Crippen molar-refractivity contribution in [3.8, 4) is 0 Å². The molecule has 1 fully saturated rings. The molecule has 0 spiro atoms. The number of halogens is 1. The Bertz CT molecular complexity index is 418. The lowest BCUT2D eigenvalue weighted by molar-refractivity contribution is -0.129. The smallest absolute Gasteiger partial charge is 0.224 e. The van der Waals surface area contributed by atoms with Gasteiger partial charge >= 0.3 is 0 Å². The molecule has 0 bridgehead atoms. The number of rotatable bonds is 3. The fourth-order valence-corrected chi connectivity index (χ4v) is 3.91. The van der Waals surface area contributed by atoms with Crippen molar-refractivity contribution in [1.29, 1.82) is 0 Å². The number of nitrogens with zero attached hydrogens (tertiary/aromatic N) is 1. The molecule has 1 aliphatic heterocycles. The van der Waals surface area contributed by atoms with E-state index < -0.39 is 0 Å². The van der Waals surface area contributed by atoms with Crippen LogP contribution in [-0.4, -0.2) is 23.4 Å². The number of likely N-dealkylation sites (tertiary alicyclic amines) is 1. The molecular weight excluding hydrogens is 300 g/mol. The number of amides is 1. The van der Waals surface area contributed by atoms with Crippen LogP contribution in [0.15, 0.2) is 15.9 Å². The largest absolute Gasteiger partial charge is 0.333 e. The quantitative estimate of drug-likeness (QED) is 0.932. The number of hydrogen-bond acceptors (Lipinski definition) is 3. The lowest BCUT2D eigenvalue weighted by atomic mass is 10.1. The van der Waals surface area contributed by atoms with Crippen molar-refractivity contribution in [2.24, 2.45) is 11.7 Å². The monoisotopic (exact) mass is 316 g/mol. The first-order valence-electron chi connectivity index (χ1n) is 5.78. The van der Waals surface area contributed by atoms with Gasteiger partial charge in [-0.2, -0.15) is 0 Å². The van der Waals surface area contributed by atoms with Gasteiger partial charge in [-0.25, -0.2) is 0 Å². The zero-order chi connectivity index (χ0) is 12.6. The van der Waals surface area contributed by atoms with E-state index in [4.69, 9.17) is 5.73 Å². The van der Waals surface area contributed by atoms with Crippen LogP contribution < -0.4 is 5.73 Å². The first kappa shape index (κ1) is 13.1. The van der Waals surface area contributed by atoms with E-state index in [1.54, 1.807) is 11.3 Å². The average molecular weight is 317 g/mol. The molecule has 1 aromatic heterocycles. The summed E-state index contributed by atoms with van der Waals surface area (Å²) in [7, 11) is 0. The highest BCUT2D eigenvalue weighted by molar-refractivity contribution is 9.10. The second-order valence-corrected chi connectivity index (χ2v) is 6.78. The maximum Gasteiger partial charge on any atom is 0.224 e. The van der Waals surface area contributed by atoms with E-state index in [2.05, 4.69) is 35.8 Å². The molecule has 1 amide bonds. The van der Waals surface area contributed by atoms with Crippen LogP contribution >= 0.6 is 27.3 Å². The topological polar surface area (TPSA) is 46.3 Å². The van der Waals surface area contributed by atoms with Gasteiger partial charge in [-0.1, -0.05) is 13.8 Å². The van der Waals surface area contributed by atoms with Crippen LogP contribution in [0.1, 0.15) is 31.2 Å². The first-order chi connectivity index (χ1) is 7.99. The minimum atomic E-state index is -0.0770. The maximum atomic E-state index is 11.9. The van der Waals surface area contributed by atoms with Gasteiger partial charge in [0.15, 0.2) is 0 Å². The summed E-state index contributed by atoms with van der Waals surface area (Å²) >= 11 is 5.11. The average Bonchev–Trinajstić information content (AvgIpc) is 2.72. The molecular formula is C12H17BrN2OS. The van der Waals surface area contributed by atoms with Crippen molar-refractivity contribution in [3.63, 3.8) is 0 Å². The molecule has 0 saturated carbocycles. The second kappa shape index (κ2) is 5.08. The Labute approximate surface area is 114 Å². The number of carbonyl (C=O) groups is 1. The highest BCUT2D eigenvalue weighted by Crippen LogP contribution is 2.37. The SMILES string of the molecule is CC(C)CN1C(=O)CC(N)C1c1cc(Br)cs1. The van der Waals surface area contributed by atoms with Crippen molar-refractivity contribution in [2.45, 2.75) is 32.4 Å². The Hall–Kier alpha value is -0.390. The van der Waals surface area contributed by atoms with Crippen LogP contribution in [0.5, 0.6) is 0 Å². The van der Waals surface area contributed by atoms with E-state index in [-0.39, 0.29) is 18.0 Å². The van der Waals surface area contributed by atoms with Gasteiger partial charge in [-0.15, -0.1) is 11.3 Å². The molecule has 0 radical (unpaired) electrons. The maximum absolute atomic E-state index is 11.9. The Morgan fingerprint density at radius 1 is 1.65 bits per heavy atom. The van der Waals surface area contributed by atoms with Crippen LogP contribution in [0, 0.1) is 5.92 Å². The number of nitrogens with two attached hydrogens (primary N) is 1. The highest BCUT2D eigenvalue weighted by atomic mass is 79.9. The molecule has 1 aliphatic rings. The summed E-state index contributed by atoms with van der Waals surface area (Å²) < 4.78 is 1.06. The summed E-state index contributed by atoms with van der Waals surface area (Å²) in [4.78, 5) is 15.1. The molecule has 2 unspecified atom stereocenters. The van der Waals surface area contributed by atoms with Gasteiger partial charge in [-0.3, -0.25) is 4.79 Å². The predicted octanol–water partition coefficient (Wildman–Crippen LogP) is 2.77. The van der Waals surface area contributed by atoms with E-state index in [9.17, 15) is 4.79 Å². The van der Waals surface area contributed by atoms with Gasteiger partial charge in [0.2, 0.25) is 5.91 Å². The zero-order valence-electron chi connectivity index (χ0n) is 10.0. The molecule has 1 saturated heterocycles. The van der Waals surface area contributed by atoms with E-state index in [1.165, 1.54) is 4.88 Å². The third kappa shape index (κ3) is 2.72. The van der Waals surface area contributed by atoms with Gasteiger partial charge in [0.05, 0.1) is 6.04 Å². The minimum Gasteiger partial charge on any atom is -0.333 e. The Morgan fingerprint density at radius 3 is 2.88 bits per heavy atom. The van der Waals surface area contributed by atoms with Gasteiger partial charge in [0, 0.05) is 33.7 Å². The van der Waals surface area contributed by atoms with Gasteiger partial charge in [0.25, 0.3) is 0 Å². The predicted molar refractivity (Wildman–Crippen MR) is 73.9 cm³/mol. The number of thiophene rings is 1. The second-order valence-electron chi connectivity index (χ2n) is 4.92. The number of hydrogen-bond donors (Lipinski definition) is 1. The summed E-state index contributed by atoms with van der Waals surface area (Å²) in [6, 6.07) is 2.05. The van der Waals surface area contributed by atoms with Gasteiger partial charge in [0.1, 0.15) is 0 Å². The summed E-state index contributed by atoms with van der Waals surface area (Å²) in [5.74, 6) is 0.649. The third-order valence-electron chi connectivity index (χ3n) is 2.91. The van der Waals surface area contributed by atoms with Crippen molar-refractivity contribution < 1.29 is 4.79 Å². The number of carbonyl (C=O) groups excluding carboxylic acids is 1. The van der Waals surface area contributed by atoms with E-state index >= 15 is 0 Å². The molecule has 1 aromatic rings. The summed E-state index contributed by atoms with van der Waals surface area (Å²) in [5.41, 5.74) is 6.11. The van der Waals surface area contributed by atoms with Crippen molar-refractivity contribution in [3.05, 3.63) is 20.8 Å². The van der Waals surface area contributed by atoms with Crippen LogP contribution in [0.2, 0.25) is 0 Å². The van der Waals surface area contributed by atoms with Crippen molar-refractivity contribution >= 4 is 33.2 Å². The molecule has 2 heterocycles. The highest BCUT2D eigenvalue weighted by Gasteiger charge is 2.39. The van der Waals surface area contributed by atoms with Crippen molar-refractivity contribution in [2.75, 3.05) is 6.54 Å². The van der Waals surface area contributed by atoms with E-state index in [0.29, 0.717) is 12.3 Å². The molecule has 0 aliphatic carbocycles. The van der Waals surface area contributed by atoms with Gasteiger partial charge < -0.3 is 10.6 Å². The Balaban J connectivity index is 2.25. The summed E-state index contributed by atoms with van der Waals surface area (Å²) in [6.45, 7) is 5.03. The normalized spacial score (nSPS) is 25.0. The summed E-state index contributed by atoms with van der Waals surface area (Å²) in [5, 5.41) is 2.04. The Morgan fingerprint density at radius 2 is 2.35 bits per heavy atom. The third-order valence-corrected chi connectivity index (χ3v) is 4.68. The molecule has 94 valence electrons.